The zero-order valence-corrected chi connectivity index (χ0v) is 9.36. The van der Waals surface area contributed by atoms with E-state index in [4.69, 9.17) is 11.6 Å². The molecule has 1 aliphatic heterocycles. The first-order valence-electron chi connectivity index (χ1n) is 4.79. The molecule has 1 aliphatic rings. The maximum absolute atomic E-state index is 11.4. The number of nitrogens with zero attached hydrogens (tertiary/aromatic N) is 2. The van der Waals surface area contributed by atoms with Crippen molar-refractivity contribution >= 4 is 29.1 Å². The second kappa shape index (κ2) is 4.09. The fourth-order valence-electron chi connectivity index (χ4n) is 1.61. The number of anilines is 1. The highest BCUT2D eigenvalue weighted by Gasteiger charge is 2.35. The number of Topliss-reactive ketones (excluding diaryl/α,β-unsaturated/α-hetero) is 1. The maximum Gasteiger partial charge on any atom is 0.241 e. The number of hydrogen-bond acceptors (Lipinski definition) is 4. The fraction of sp³-hybridized carbons (Fsp3) is 0.300. The normalized spacial score (nSPS) is 19.8. The van der Waals surface area contributed by atoms with E-state index in [1.165, 1.54) is 11.9 Å². The Morgan fingerprint density at radius 1 is 1.69 bits per heavy atom. The van der Waals surface area contributed by atoms with Crippen LogP contribution in [0.15, 0.2) is 18.3 Å². The van der Waals surface area contributed by atoms with Crippen LogP contribution in [0, 0.1) is 0 Å². The van der Waals surface area contributed by atoms with Crippen LogP contribution in [0.3, 0.4) is 0 Å². The summed E-state index contributed by atoms with van der Waals surface area (Å²) in [5.41, 5.74) is 2.57. The van der Waals surface area contributed by atoms with Gasteiger partial charge in [-0.25, -0.2) is 4.98 Å². The van der Waals surface area contributed by atoms with Gasteiger partial charge in [-0.2, -0.15) is 0 Å². The number of carbonyl (C=O) groups is 2. The van der Waals surface area contributed by atoms with Crippen molar-refractivity contribution in [3.05, 3.63) is 23.4 Å². The molecule has 2 rings (SSSR count). The van der Waals surface area contributed by atoms with Gasteiger partial charge in [0.25, 0.3) is 0 Å². The molecule has 16 heavy (non-hydrogen) atoms. The molecular formula is C10H10ClN3O2. The van der Waals surface area contributed by atoms with Crippen molar-refractivity contribution in [3.8, 4) is 0 Å². The van der Waals surface area contributed by atoms with Gasteiger partial charge in [-0.05, 0) is 19.1 Å². The highest BCUT2D eigenvalue weighted by Crippen LogP contribution is 2.26. The molecule has 0 saturated carbocycles. The summed E-state index contributed by atoms with van der Waals surface area (Å²) in [5, 5.41) is 1.82. The number of amides is 1. The standard InChI is InChI=1S/C10H10ClN3O2/c1-6(15)8-5-9(16)13-14(8)10-7(11)3-2-4-12-10/h2-4,8H,5H2,1H3,(H,13,16). The van der Waals surface area contributed by atoms with Crippen LogP contribution in [-0.4, -0.2) is 22.7 Å². The average Bonchev–Trinajstić information content (AvgIpc) is 2.61. The number of ketones is 1. The van der Waals surface area contributed by atoms with Crippen molar-refractivity contribution in [2.45, 2.75) is 19.4 Å². The molecule has 1 aromatic rings. The van der Waals surface area contributed by atoms with E-state index < -0.39 is 6.04 Å². The first-order chi connectivity index (χ1) is 7.59. The average molecular weight is 240 g/mol. The Morgan fingerprint density at radius 2 is 2.44 bits per heavy atom. The summed E-state index contributed by atoms with van der Waals surface area (Å²) in [7, 11) is 0. The molecule has 0 bridgehead atoms. The summed E-state index contributed by atoms with van der Waals surface area (Å²) >= 11 is 5.96. The first kappa shape index (κ1) is 10.9. The molecule has 1 amide bonds. The molecule has 1 atom stereocenters. The minimum absolute atomic E-state index is 0.0972. The third-order valence-electron chi connectivity index (χ3n) is 2.37. The number of hydrogen-bond donors (Lipinski definition) is 1. The molecule has 2 heterocycles. The predicted octanol–water partition coefficient (Wildman–Crippen LogP) is 0.934. The van der Waals surface area contributed by atoms with Gasteiger partial charge in [-0.3, -0.25) is 20.0 Å². The fourth-order valence-corrected chi connectivity index (χ4v) is 1.82. The number of halogens is 1. The third-order valence-corrected chi connectivity index (χ3v) is 2.67. The third kappa shape index (κ3) is 1.86. The van der Waals surface area contributed by atoms with E-state index in [0.717, 1.165) is 0 Å². The lowest BCUT2D eigenvalue weighted by atomic mass is 10.1. The lowest BCUT2D eigenvalue weighted by molar-refractivity contribution is -0.121. The quantitative estimate of drug-likeness (QED) is 0.834. The largest absolute Gasteiger partial charge is 0.298 e. The van der Waals surface area contributed by atoms with Crippen LogP contribution in [0.4, 0.5) is 5.82 Å². The Labute approximate surface area is 97.4 Å². The van der Waals surface area contributed by atoms with Gasteiger partial charge in [0, 0.05) is 6.20 Å². The number of aromatic nitrogens is 1. The van der Waals surface area contributed by atoms with Crippen LogP contribution in [0.2, 0.25) is 5.02 Å². The summed E-state index contributed by atoms with van der Waals surface area (Å²) in [5.74, 6) is 0.0946. The van der Waals surface area contributed by atoms with Crippen molar-refractivity contribution in [3.63, 3.8) is 0 Å². The van der Waals surface area contributed by atoms with E-state index in [0.29, 0.717) is 10.8 Å². The van der Waals surface area contributed by atoms with Gasteiger partial charge in [0.1, 0.15) is 6.04 Å². The van der Waals surface area contributed by atoms with Gasteiger partial charge in [0.2, 0.25) is 5.91 Å². The molecule has 5 nitrogen and oxygen atoms in total. The molecule has 0 radical (unpaired) electrons. The van der Waals surface area contributed by atoms with Gasteiger partial charge in [0.05, 0.1) is 11.4 Å². The van der Waals surface area contributed by atoms with E-state index in [9.17, 15) is 9.59 Å². The van der Waals surface area contributed by atoms with Gasteiger partial charge < -0.3 is 0 Å². The molecular weight excluding hydrogens is 230 g/mol. The molecule has 0 spiro atoms. The maximum atomic E-state index is 11.4. The summed E-state index contributed by atoms with van der Waals surface area (Å²) in [4.78, 5) is 26.7. The van der Waals surface area contributed by atoms with Crippen LogP contribution in [-0.2, 0) is 9.59 Å². The zero-order valence-electron chi connectivity index (χ0n) is 8.61. The Morgan fingerprint density at radius 3 is 3.06 bits per heavy atom. The summed E-state index contributed by atoms with van der Waals surface area (Å²) in [6, 6.07) is 2.82. The van der Waals surface area contributed by atoms with Gasteiger partial charge in [-0.15, -0.1) is 0 Å². The molecule has 0 aliphatic carbocycles. The van der Waals surface area contributed by atoms with Crippen molar-refractivity contribution < 1.29 is 9.59 Å². The SMILES string of the molecule is CC(=O)C1CC(=O)NN1c1ncccc1Cl. The van der Waals surface area contributed by atoms with E-state index in [1.54, 1.807) is 18.3 Å². The van der Waals surface area contributed by atoms with Crippen LogP contribution < -0.4 is 10.4 Å². The van der Waals surface area contributed by atoms with Crippen LogP contribution >= 0.6 is 11.6 Å². The van der Waals surface area contributed by atoms with Crippen molar-refractivity contribution in [2.75, 3.05) is 5.01 Å². The monoisotopic (exact) mass is 239 g/mol. The van der Waals surface area contributed by atoms with Crippen LogP contribution in [0.25, 0.3) is 0 Å². The molecule has 0 aromatic carbocycles. The smallest absolute Gasteiger partial charge is 0.241 e. The molecule has 1 fully saturated rings. The van der Waals surface area contributed by atoms with E-state index in [-0.39, 0.29) is 18.1 Å². The van der Waals surface area contributed by atoms with Crippen molar-refractivity contribution in [2.24, 2.45) is 0 Å². The van der Waals surface area contributed by atoms with Gasteiger partial charge in [0.15, 0.2) is 11.6 Å². The number of nitrogens with one attached hydrogen (secondary N) is 1. The molecule has 1 unspecified atom stereocenters. The minimum Gasteiger partial charge on any atom is -0.298 e. The molecule has 6 heteroatoms. The minimum atomic E-state index is -0.528. The molecule has 1 saturated heterocycles. The Bertz CT molecular complexity index is 449. The zero-order chi connectivity index (χ0) is 11.7. The Hall–Kier alpha value is -1.62. The lowest BCUT2D eigenvalue weighted by Crippen LogP contribution is -2.42. The topological polar surface area (TPSA) is 62.3 Å². The second-order valence-electron chi connectivity index (χ2n) is 3.54. The Balaban J connectivity index is 2.36. The number of carbonyl (C=O) groups excluding carboxylic acids is 2. The summed E-state index contributed by atoms with van der Waals surface area (Å²) < 4.78 is 0. The van der Waals surface area contributed by atoms with E-state index in [2.05, 4.69) is 10.4 Å². The van der Waals surface area contributed by atoms with E-state index >= 15 is 0 Å². The number of rotatable bonds is 2. The van der Waals surface area contributed by atoms with Crippen LogP contribution in [0.1, 0.15) is 13.3 Å². The highest BCUT2D eigenvalue weighted by molar-refractivity contribution is 6.33. The summed E-state index contributed by atoms with van der Waals surface area (Å²) in [6.45, 7) is 1.44. The Kier molecular flexibility index (Phi) is 2.78. The molecule has 84 valence electrons. The van der Waals surface area contributed by atoms with Gasteiger partial charge in [-0.1, -0.05) is 11.6 Å². The van der Waals surface area contributed by atoms with Crippen molar-refractivity contribution in [1.82, 2.24) is 10.4 Å². The molecule has 1 aromatic heterocycles. The second-order valence-corrected chi connectivity index (χ2v) is 3.95. The molecule has 1 N–H and O–H groups in total. The van der Waals surface area contributed by atoms with Gasteiger partial charge >= 0.3 is 0 Å². The predicted molar refractivity (Wildman–Crippen MR) is 59.0 cm³/mol. The highest BCUT2D eigenvalue weighted by atomic mass is 35.5. The van der Waals surface area contributed by atoms with Crippen molar-refractivity contribution in [1.29, 1.82) is 0 Å². The lowest BCUT2D eigenvalue weighted by Gasteiger charge is -2.22. The number of pyridine rings is 1. The first-order valence-corrected chi connectivity index (χ1v) is 5.17. The van der Waals surface area contributed by atoms with Crippen LogP contribution in [0.5, 0.6) is 0 Å². The number of hydrazine groups is 1. The summed E-state index contributed by atoms with van der Waals surface area (Å²) in [6.07, 6.45) is 1.70. The van der Waals surface area contributed by atoms with E-state index in [1.807, 2.05) is 0 Å².